The minimum absolute atomic E-state index is 0.0358. The van der Waals surface area contributed by atoms with Gasteiger partial charge < -0.3 is 10.0 Å². The van der Waals surface area contributed by atoms with Crippen molar-refractivity contribution < 1.29 is 31.5 Å². The number of hydrogen-bond donors (Lipinski definition) is 1. The first-order chi connectivity index (χ1) is 20.3. The summed E-state index contributed by atoms with van der Waals surface area (Å²) in [5.41, 5.74) is 2.18. The Morgan fingerprint density at radius 2 is 1.60 bits per heavy atom. The molecule has 1 aliphatic heterocycles. The van der Waals surface area contributed by atoms with E-state index in [9.17, 15) is 36.3 Å². The van der Waals surface area contributed by atoms with Crippen LogP contribution in [-0.4, -0.2) is 39.6 Å². The number of fused-ring (bicyclic) bond motifs is 3. The second kappa shape index (κ2) is 10.2. The van der Waals surface area contributed by atoms with Crippen LogP contribution in [0.25, 0.3) is 27.7 Å². The topological polar surface area (TPSA) is 102 Å². The molecule has 0 aliphatic carbocycles. The average molecular weight is 608 g/mol. The maximum atomic E-state index is 14.0. The summed E-state index contributed by atoms with van der Waals surface area (Å²) in [6.07, 6.45) is -3.84. The van der Waals surface area contributed by atoms with E-state index in [1.807, 2.05) is 6.92 Å². The third kappa shape index (κ3) is 4.97. The lowest BCUT2D eigenvalue weighted by molar-refractivity contribution is -0.137. The van der Waals surface area contributed by atoms with Gasteiger partial charge in [-0.3, -0.25) is 9.36 Å². The zero-order valence-electron chi connectivity index (χ0n) is 22.7. The second-order valence-corrected chi connectivity index (χ2v) is 12.1. The molecule has 0 saturated heterocycles. The van der Waals surface area contributed by atoms with Crippen LogP contribution in [0.5, 0.6) is 0 Å². The molecule has 3 aromatic carbocycles. The van der Waals surface area contributed by atoms with E-state index in [4.69, 9.17) is 0 Å². The molecule has 8 nitrogen and oxygen atoms in total. The summed E-state index contributed by atoms with van der Waals surface area (Å²) in [5.74, 6) is 0. The third-order valence-electron chi connectivity index (χ3n) is 7.66. The maximum Gasteiger partial charge on any atom is 0.416 e. The van der Waals surface area contributed by atoms with Crippen molar-refractivity contribution in [1.82, 2.24) is 13.4 Å². The van der Waals surface area contributed by atoms with E-state index in [1.54, 1.807) is 36.4 Å². The van der Waals surface area contributed by atoms with E-state index < -0.39 is 33.4 Å². The van der Waals surface area contributed by atoms with Gasteiger partial charge in [-0.15, -0.1) is 0 Å². The molecule has 5 aromatic rings. The molecule has 220 valence electrons. The van der Waals surface area contributed by atoms with E-state index in [0.29, 0.717) is 39.8 Å². The number of carboxylic acid groups (broad SMARTS) is 1. The van der Waals surface area contributed by atoms with Gasteiger partial charge in [0.25, 0.3) is 15.6 Å². The SMILES string of the molecule is Cc1ccc(S(=O)(=O)n2c3c(c4ccc(-n5ccc(-c6ccc(C(F)(F)F)cc6)cc5=O)cc42)CCN(C(=O)O)C3)cc1. The number of pyridine rings is 1. The number of alkyl halides is 3. The lowest BCUT2D eigenvalue weighted by Crippen LogP contribution is -2.36. The molecular formula is C31H24F3N3O5S. The normalized spacial score (nSPS) is 13.7. The molecule has 1 amide bonds. The van der Waals surface area contributed by atoms with Crippen molar-refractivity contribution in [2.45, 2.75) is 31.0 Å². The molecule has 0 bridgehead atoms. The summed E-state index contributed by atoms with van der Waals surface area (Å²) >= 11 is 0. The molecule has 2 aromatic heterocycles. The van der Waals surface area contributed by atoms with Crippen LogP contribution in [0.15, 0.2) is 94.7 Å². The van der Waals surface area contributed by atoms with Gasteiger partial charge in [0.15, 0.2) is 0 Å². The highest BCUT2D eigenvalue weighted by Crippen LogP contribution is 2.35. The Kier molecular flexibility index (Phi) is 6.68. The molecule has 43 heavy (non-hydrogen) atoms. The van der Waals surface area contributed by atoms with Crippen LogP contribution in [0.3, 0.4) is 0 Å². The quantitative estimate of drug-likeness (QED) is 0.268. The summed E-state index contributed by atoms with van der Waals surface area (Å²) < 4.78 is 69.4. The van der Waals surface area contributed by atoms with Gasteiger partial charge in [-0.25, -0.2) is 17.2 Å². The number of amides is 1. The van der Waals surface area contributed by atoms with E-state index in [-0.39, 0.29) is 18.0 Å². The number of hydrogen-bond acceptors (Lipinski definition) is 4. The molecule has 0 saturated carbocycles. The van der Waals surface area contributed by atoms with E-state index in [1.165, 1.54) is 45.1 Å². The Morgan fingerprint density at radius 1 is 0.907 bits per heavy atom. The van der Waals surface area contributed by atoms with Gasteiger partial charge in [0, 0.05) is 24.2 Å². The Morgan fingerprint density at radius 3 is 2.23 bits per heavy atom. The number of halogens is 3. The number of nitrogens with zero attached hydrogens (tertiary/aromatic N) is 3. The number of rotatable bonds is 4. The number of aromatic nitrogens is 2. The van der Waals surface area contributed by atoms with Crippen molar-refractivity contribution in [3.05, 3.63) is 118 Å². The van der Waals surface area contributed by atoms with Gasteiger partial charge >= 0.3 is 12.3 Å². The molecule has 0 unspecified atom stereocenters. The predicted octanol–water partition coefficient (Wildman–Crippen LogP) is 6.06. The lowest BCUT2D eigenvalue weighted by atomic mass is 10.0. The minimum Gasteiger partial charge on any atom is -0.465 e. The van der Waals surface area contributed by atoms with Gasteiger partial charge in [0.05, 0.1) is 33.9 Å². The van der Waals surface area contributed by atoms with E-state index in [2.05, 4.69) is 0 Å². The molecule has 0 spiro atoms. The van der Waals surface area contributed by atoms with Gasteiger partial charge in [0.2, 0.25) is 0 Å². The van der Waals surface area contributed by atoms with Crippen LogP contribution in [0, 0.1) is 6.92 Å². The summed E-state index contributed by atoms with van der Waals surface area (Å²) in [7, 11) is -4.17. The van der Waals surface area contributed by atoms with Crippen molar-refractivity contribution in [1.29, 1.82) is 0 Å². The van der Waals surface area contributed by atoms with Crippen LogP contribution in [-0.2, 0) is 29.2 Å². The average Bonchev–Trinajstić information content (AvgIpc) is 3.30. The molecule has 0 fully saturated rings. The van der Waals surface area contributed by atoms with Crippen molar-refractivity contribution in [2.75, 3.05) is 6.54 Å². The fourth-order valence-corrected chi connectivity index (χ4v) is 7.00. The van der Waals surface area contributed by atoms with Crippen LogP contribution in [0.4, 0.5) is 18.0 Å². The number of aryl methyl sites for hydroxylation is 1. The zero-order valence-corrected chi connectivity index (χ0v) is 23.5. The lowest BCUT2D eigenvalue weighted by Gasteiger charge is -2.26. The van der Waals surface area contributed by atoms with Crippen LogP contribution in [0.2, 0.25) is 0 Å². The molecule has 12 heteroatoms. The van der Waals surface area contributed by atoms with E-state index >= 15 is 0 Å². The molecule has 6 rings (SSSR count). The fraction of sp³-hybridized carbons (Fsp3) is 0.161. The highest BCUT2D eigenvalue weighted by Gasteiger charge is 2.32. The first-order valence-corrected chi connectivity index (χ1v) is 14.7. The molecule has 1 aliphatic rings. The van der Waals surface area contributed by atoms with Crippen molar-refractivity contribution >= 4 is 27.0 Å². The Labute approximate surface area is 243 Å². The highest BCUT2D eigenvalue weighted by atomic mass is 32.2. The largest absolute Gasteiger partial charge is 0.465 e. The fourth-order valence-electron chi connectivity index (χ4n) is 5.44. The smallest absolute Gasteiger partial charge is 0.416 e. The molecule has 0 atom stereocenters. The van der Waals surface area contributed by atoms with Crippen LogP contribution >= 0.6 is 0 Å². The van der Waals surface area contributed by atoms with Gasteiger partial charge in [-0.2, -0.15) is 13.2 Å². The first kappa shape index (κ1) is 28.3. The van der Waals surface area contributed by atoms with Gasteiger partial charge in [-0.1, -0.05) is 35.9 Å². The summed E-state index contributed by atoms with van der Waals surface area (Å²) in [6, 6.07) is 18.7. The van der Waals surface area contributed by atoms with Crippen molar-refractivity contribution in [3.63, 3.8) is 0 Å². The Bertz CT molecular complexity index is 2060. The van der Waals surface area contributed by atoms with Crippen LogP contribution in [0.1, 0.15) is 22.4 Å². The van der Waals surface area contributed by atoms with E-state index in [0.717, 1.165) is 28.2 Å². The highest BCUT2D eigenvalue weighted by molar-refractivity contribution is 7.90. The van der Waals surface area contributed by atoms with Gasteiger partial charge in [-0.05, 0) is 72.5 Å². The predicted molar refractivity (Wildman–Crippen MR) is 154 cm³/mol. The first-order valence-electron chi connectivity index (χ1n) is 13.2. The standard InChI is InChI=1S/C31H24F3N3O5S/c1-19-2-9-24(10-3-19)43(41,42)37-27-17-23(8-11-25(27)26-13-14-35(30(39)40)18-28(26)37)36-15-12-21(16-29(36)38)20-4-6-22(7-5-20)31(32,33)34/h2-12,15-17H,13-14,18H2,1H3,(H,39,40). The molecule has 1 N–H and O–H groups in total. The van der Waals surface area contributed by atoms with Crippen LogP contribution < -0.4 is 5.56 Å². The number of benzene rings is 3. The molecule has 0 radical (unpaired) electrons. The second-order valence-electron chi connectivity index (χ2n) is 10.4. The monoisotopic (exact) mass is 607 g/mol. The van der Waals surface area contributed by atoms with Crippen molar-refractivity contribution in [2.24, 2.45) is 0 Å². The summed E-state index contributed by atoms with van der Waals surface area (Å²) in [5, 5.41) is 10.3. The molecular weight excluding hydrogens is 583 g/mol. The van der Waals surface area contributed by atoms with Crippen molar-refractivity contribution in [3.8, 4) is 16.8 Å². The minimum atomic E-state index is -4.48. The Hall–Kier alpha value is -4.84. The van der Waals surface area contributed by atoms with Gasteiger partial charge in [0.1, 0.15) is 0 Å². The summed E-state index contributed by atoms with van der Waals surface area (Å²) in [4.78, 5) is 26.2. The third-order valence-corrected chi connectivity index (χ3v) is 9.43. The molecule has 3 heterocycles. The zero-order chi connectivity index (χ0) is 30.7. The number of carbonyl (C=O) groups is 1. The summed E-state index contributed by atoms with van der Waals surface area (Å²) in [6.45, 7) is 1.92. The Balaban J connectivity index is 1.48. The maximum absolute atomic E-state index is 14.0.